The van der Waals surface area contributed by atoms with E-state index >= 15 is 0 Å². The molecule has 0 saturated heterocycles. The van der Waals surface area contributed by atoms with Gasteiger partial charge >= 0.3 is 0 Å². The number of aryl methyl sites for hydroxylation is 2. The molecule has 0 unspecified atom stereocenters. The maximum Gasteiger partial charge on any atom is 0.188 e. The monoisotopic (exact) mass is 279 g/mol. The van der Waals surface area contributed by atoms with Crippen LogP contribution in [-0.4, -0.2) is 19.9 Å². The lowest BCUT2D eigenvalue weighted by Crippen LogP contribution is -2.12. The average molecular weight is 279 g/mol. The van der Waals surface area contributed by atoms with Crippen molar-refractivity contribution in [1.82, 2.24) is 15.0 Å². The number of hydrogen-bond acceptors (Lipinski definition) is 6. The fraction of sp³-hybridized carbons (Fsp3) is 0.273. The van der Waals surface area contributed by atoms with Crippen LogP contribution in [0.25, 0.3) is 0 Å². The Bertz CT molecular complexity index is 561. The van der Waals surface area contributed by atoms with Crippen LogP contribution in [0.5, 0.6) is 0 Å². The summed E-state index contributed by atoms with van der Waals surface area (Å²) in [6.07, 6.45) is 4.07. The molecule has 94 valence electrons. The van der Waals surface area contributed by atoms with E-state index in [0.29, 0.717) is 11.5 Å². The topological polar surface area (TPSA) is 76.7 Å². The van der Waals surface area contributed by atoms with Crippen LogP contribution in [0.3, 0.4) is 0 Å². The van der Waals surface area contributed by atoms with Crippen molar-refractivity contribution in [2.75, 3.05) is 5.32 Å². The van der Waals surface area contributed by atoms with E-state index in [1.165, 1.54) is 4.88 Å². The van der Waals surface area contributed by atoms with E-state index in [1.807, 2.05) is 0 Å². The standard InChI is InChI=1S/C11H13N5S2/c1-3-7-6(2)18-11(15-7)16-9-5-13-8(4-14-9)10(12)17/h4-5H,3H2,1-2H3,(H2,12,17)(H,14,15,16). The minimum absolute atomic E-state index is 0.243. The number of nitrogens with zero attached hydrogens (tertiary/aromatic N) is 3. The highest BCUT2D eigenvalue weighted by atomic mass is 32.1. The summed E-state index contributed by atoms with van der Waals surface area (Å²) in [6, 6.07) is 0. The lowest BCUT2D eigenvalue weighted by Gasteiger charge is -2.01. The van der Waals surface area contributed by atoms with Crippen molar-refractivity contribution >= 4 is 39.5 Å². The first-order chi connectivity index (χ1) is 8.60. The smallest absolute Gasteiger partial charge is 0.188 e. The van der Waals surface area contributed by atoms with Crippen molar-refractivity contribution in [3.63, 3.8) is 0 Å². The molecule has 0 fully saturated rings. The lowest BCUT2D eigenvalue weighted by molar-refractivity contribution is 1.04. The molecule has 2 aromatic heterocycles. The number of rotatable bonds is 4. The second-order valence-electron chi connectivity index (χ2n) is 3.65. The number of nitrogens with one attached hydrogen (secondary N) is 1. The molecule has 18 heavy (non-hydrogen) atoms. The van der Waals surface area contributed by atoms with Gasteiger partial charge in [-0.2, -0.15) is 0 Å². The van der Waals surface area contributed by atoms with E-state index in [1.54, 1.807) is 23.7 Å². The van der Waals surface area contributed by atoms with E-state index < -0.39 is 0 Å². The van der Waals surface area contributed by atoms with Gasteiger partial charge in [0.05, 0.1) is 18.1 Å². The van der Waals surface area contributed by atoms with E-state index in [9.17, 15) is 0 Å². The van der Waals surface area contributed by atoms with Crippen molar-refractivity contribution in [1.29, 1.82) is 0 Å². The van der Waals surface area contributed by atoms with Gasteiger partial charge in [0, 0.05) is 4.88 Å². The minimum atomic E-state index is 0.243. The molecular weight excluding hydrogens is 266 g/mol. The van der Waals surface area contributed by atoms with Gasteiger partial charge in [0.1, 0.15) is 10.7 Å². The van der Waals surface area contributed by atoms with Crippen LogP contribution in [0.2, 0.25) is 0 Å². The second kappa shape index (κ2) is 5.36. The predicted molar refractivity (Wildman–Crippen MR) is 77.4 cm³/mol. The van der Waals surface area contributed by atoms with Crippen LogP contribution in [0, 0.1) is 6.92 Å². The van der Waals surface area contributed by atoms with Crippen molar-refractivity contribution in [2.45, 2.75) is 20.3 Å². The van der Waals surface area contributed by atoms with E-state index in [4.69, 9.17) is 18.0 Å². The molecule has 0 aliphatic heterocycles. The van der Waals surface area contributed by atoms with E-state index in [2.05, 4.69) is 34.1 Å². The van der Waals surface area contributed by atoms with Crippen LogP contribution in [0.1, 0.15) is 23.2 Å². The van der Waals surface area contributed by atoms with Gasteiger partial charge in [0.25, 0.3) is 0 Å². The molecule has 2 rings (SSSR count). The largest absolute Gasteiger partial charge is 0.388 e. The molecule has 0 aliphatic carbocycles. The normalized spacial score (nSPS) is 10.3. The number of thiocarbonyl (C=S) groups is 1. The van der Waals surface area contributed by atoms with Crippen LogP contribution in [-0.2, 0) is 6.42 Å². The maximum atomic E-state index is 5.46. The summed E-state index contributed by atoms with van der Waals surface area (Å²) >= 11 is 6.42. The molecule has 5 nitrogen and oxygen atoms in total. The fourth-order valence-electron chi connectivity index (χ4n) is 1.44. The Morgan fingerprint density at radius 2 is 2.22 bits per heavy atom. The molecule has 0 atom stereocenters. The first-order valence-electron chi connectivity index (χ1n) is 5.45. The number of anilines is 2. The molecule has 0 radical (unpaired) electrons. The molecule has 0 aromatic carbocycles. The summed E-state index contributed by atoms with van der Waals surface area (Å²) in [5.74, 6) is 0.631. The first-order valence-corrected chi connectivity index (χ1v) is 6.67. The van der Waals surface area contributed by atoms with Crippen LogP contribution in [0.4, 0.5) is 10.9 Å². The fourth-order valence-corrected chi connectivity index (χ4v) is 2.45. The van der Waals surface area contributed by atoms with Gasteiger partial charge in [-0.3, -0.25) is 0 Å². The van der Waals surface area contributed by atoms with Gasteiger partial charge in [0.2, 0.25) is 0 Å². The van der Waals surface area contributed by atoms with Crippen LogP contribution >= 0.6 is 23.6 Å². The summed E-state index contributed by atoms with van der Waals surface area (Å²) in [4.78, 5) is 14.2. The third-order valence-electron chi connectivity index (χ3n) is 2.37. The minimum Gasteiger partial charge on any atom is -0.388 e. The Hall–Kier alpha value is -1.60. The van der Waals surface area contributed by atoms with Gasteiger partial charge in [0.15, 0.2) is 10.9 Å². The van der Waals surface area contributed by atoms with E-state index in [0.717, 1.165) is 17.2 Å². The predicted octanol–water partition coefficient (Wildman–Crippen LogP) is 2.18. The maximum absolute atomic E-state index is 5.46. The highest BCUT2D eigenvalue weighted by Gasteiger charge is 2.07. The summed E-state index contributed by atoms with van der Waals surface area (Å²) in [5.41, 5.74) is 7.08. The van der Waals surface area contributed by atoms with Crippen molar-refractivity contribution in [3.8, 4) is 0 Å². The third-order valence-corrected chi connectivity index (χ3v) is 3.50. The van der Waals surface area contributed by atoms with Gasteiger partial charge in [-0.15, -0.1) is 11.3 Å². The summed E-state index contributed by atoms with van der Waals surface area (Å²) in [7, 11) is 0. The van der Waals surface area contributed by atoms with Gasteiger partial charge in [-0.25, -0.2) is 15.0 Å². The molecular formula is C11H13N5S2. The zero-order chi connectivity index (χ0) is 13.1. The molecule has 0 saturated carbocycles. The SMILES string of the molecule is CCc1nc(Nc2cnc(C(N)=S)cn2)sc1C. The average Bonchev–Trinajstić information content (AvgIpc) is 2.70. The van der Waals surface area contributed by atoms with Gasteiger partial charge in [-0.05, 0) is 13.3 Å². The zero-order valence-corrected chi connectivity index (χ0v) is 11.7. The number of hydrogen-bond donors (Lipinski definition) is 2. The lowest BCUT2D eigenvalue weighted by atomic mass is 10.3. The molecule has 3 N–H and O–H groups in total. The first kappa shape index (κ1) is 12.8. The Balaban J connectivity index is 2.15. The summed E-state index contributed by atoms with van der Waals surface area (Å²) in [5, 5.41) is 3.94. The van der Waals surface area contributed by atoms with Gasteiger partial charge in [-0.1, -0.05) is 19.1 Å². The summed E-state index contributed by atoms with van der Waals surface area (Å²) < 4.78 is 0. The molecule has 0 amide bonds. The molecule has 0 aliphatic rings. The molecule has 7 heteroatoms. The molecule has 2 heterocycles. The Morgan fingerprint density at radius 3 is 2.72 bits per heavy atom. The zero-order valence-electron chi connectivity index (χ0n) is 10.1. The van der Waals surface area contributed by atoms with Crippen molar-refractivity contribution < 1.29 is 0 Å². The quantitative estimate of drug-likeness (QED) is 0.835. The second-order valence-corrected chi connectivity index (χ2v) is 5.29. The van der Waals surface area contributed by atoms with E-state index in [-0.39, 0.29) is 4.99 Å². The number of thiazole rings is 1. The Morgan fingerprint density at radius 1 is 1.44 bits per heavy atom. The number of nitrogens with two attached hydrogens (primary N) is 1. The van der Waals surface area contributed by atoms with Gasteiger partial charge < -0.3 is 11.1 Å². The Labute approximate surface area is 114 Å². The molecule has 0 bridgehead atoms. The number of aromatic nitrogens is 3. The molecule has 2 aromatic rings. The highest BCUT2D eigenvalue weighted by Crippen LogP contribution is 2.24. The van der Waals surface area contributed by atoms with Crippen molar-refractivity contribution in [2.24, 2.45) is 5.73 Å². The Kier molecular flexibility index (Phi) is 3.83. The highest BCUT2D eigenvalue weighted by molar-refractivity contribution is 7.80. The third kappa shape index (κ3) is 2.80. The summed E-state index contributed by atoms with van der Waals surface area (Å²) in [6.45, 7) is 4.14. The van der Waals surface area contributed by atoms with Crippen molar-refractivity contribution in [3.05, 3.63) is 28.7 Å². The molecule has 0 spiro atoms. The van der Waals surface area contributed by atoms with Crippen LogP contribution in [0.15, 0.2) is 12.4 Å². The van der Waals surface area contributed by atoms with Crippen LogP contribution < -0.4 is 11.1 Å².